The summed E-state index contributed by atoms with van der Waals surface area (Å²) in [7, 11) is 0. The third-order valence-corrected chi connectivity index (χ3v) is 5.73. The van der Waals surface area contributed by atoms with Gasteiger partial charge in [-0.15, -0.1) is 0 Å². The van der Waals surface area contributed by atoms with Crippen molar-refractivity contribution in [1.29, 1.82) is 0 Å². The third-order valence-electron chi connectivity index (χ3n) is 5.73. The standard InChI is InChI=1S/C26H37NO2/c1-16-12-10-11-13-21(16)27-24(29)19(4)22-17(2)14-20(23(28)18(22)3)26(8,9)15-25(5,6)7/h10-14,19,28H,15H2,1-9H3,(H,27,29). The predicted octanol–water partition coefficient (Wildman–Crippen LogP) is 6.77. The minimum absolute atomic E-state index is 0.0633. The van der Waals surface area contributed by atoms with Gasteiger partial charge in [-0.25, -0.2) is 0 Å². The molecule has 1 unspecified atom stereocenters. The number of benzene rings is 2. The van der Waals surface area contributed by atoms with Crippen LogP contribution in [0.5, 0.6) is 5.75 Å². The van der Waals surface area contributed by atoms with Crippen LogP contribution in [0, 0.1) is 26.2 Å². The number of carbonyl (C=O) groups excluding carboxylic acids is 1. The van der Waals surface area contributed by atoms with Crippen LogP contribution in [-0.2, 0) is 10.2 Å². The number of phenols is 1. The number of para-hydroxylation sites is 1. The molecule has 0 aliphatic rings. The average Bonchev–Trinajstić information content (AvgIpc) is 2.57. The molecule has 158 valence electrons. The van der Waals surface area contributed by atoms with Crippen molar-refractivity contribution in [3.63, 3.8) is 0 Å². The van der Waals surface area contributed by atoms with E-state index in [0.717, 1.165) is 39.9 Å². The van der Waals surface area contributed by atoms with Gasteiger partial charge in [-0.2, -0.15) is 0 Å². The topological polar surface area (TPSA) is 49.3 Å². The number of nitrogens with one attached hydrogen (secondary N) is 1. The van der Waals surface area contributed by atoms with Gasteiger partial charge in [0.2, 0.25) is 5.91 Å². The molecule has 3 heteroatoms. The molecule has 0 fully saturated rings. The van der Waals surface area contributed by atoms with Crippen LogP contribution in [0.1, 0.15) is 81.7 Å². The molecule has 0 aromatic heterocycles. The Balaban J connectivity index is 2.41. The van der Waals surface area contributed by atoms with E-state index in [1.807, 2.05) is 52.0 Å². The monoisotopic (exact) mass is 395 g/mol. The highest BCUT2D eigenvalue weighted by Crippen LogP contribution is 2.44. The lowest BCUT2D eigenvalue weighted by atomic mass is 9.70. The highest BCUT2D eigenvalue weighted by molar-refractivity contribution is 5.96. The second-order valence-corrected chi connectivity index (χ2v) is 10.3. The Labute approximate surface area is 176 Å². The molecular weight excluding hydrogens is 358 g/mol. The van der Waals surface area contributed by atoms with Crippen LogP contribution in [0.3, 0.4) is 0 Å². The first kappa shape index (κ1) is 23.0. The van der Waals surface area contributed by atoms with E-state index in [-0.39, 0.29) is 22.7 Å². The van der Waals surface area contributed by atoms with E-state index >= 15 is 0 Å². The SMILES string of the molecule is Cc1ccccc1NC(=O)C(C)c1c(C)cc(C(C)(C)CC(C)(C)C)c(O)c1C. The first-order valence-corrected chi connectivity index (χ1v) is 10.4. The van der Waals surface area contributed by atoms with Crippen LogP contribution in [0.4, 0.5) is 5.69 Å². The molecule has 0 spiro atoms. The molecule has 0 heterocycles. The number of phenolic OH excluding ortho intramolecular Hbond substituents is 1. The predicted molar refractivity (Wildman–Crippen MR) is 123 cm³/mol. The first-order valence-electron chi connectivity index (χ1n) is 10.4. The first-order chi connectivity index (χ1) is 13.2. The zero-order chi connectivity index (χ0) is 22.1. The molecule has 2 aromatic rings. The molecule has 0 saturated heterocycles. The number of carbonyl (C=O) groups is 1. The fourth-order valence-electron chi connectivity index (χ4n) is 4.68. The molecule has 3 nitrogen and oxygen atoms in total. The summed E-state index contributed by atoms with van der Waals surface area (Å²) in [5, 5.41) is 14.1. The lowest BCUT2D eigenvalue weighted by molar-refractivity contribution is -0.117. The molecule has 0 saturated carbocycles. The van der Waals surface area contributed by atoms with Gasteiger partial charge in [-0.05, 0) is 73.3 Å². The third kappa shape index (κ3) is 5.20. The van der Waals surface area contributed by atoms with Crippen LogP contribution in [0.25, 0.3) is 0 Å². The summed E-state index contributed by atoms with van der Waals surface area (Å²) in [6.45, 7) is 18.9. The van der Waals surface area contributed by atoms with Gasteiger partial charge < -0.3 is 10.4 Å². The van der Waals surface area contributed by atoms with Gasteiger partial charge in [0.15, 0.2) is 0 Å². The molecule has 1 amide bonds. The van der Waals surface area contributed by atoms with Crippen molar-refractivity contribution in [3.05, 3.63) is 58.1 Å². The van der Waals surface area contributed by atoms with E-state index in [1.54, 1.807) is 0 Å². The summed E-state index contributed by atoms with van der Waals surface area (Å²) >= 11 is 0. The van der Waals surface area contributed by atoms with Crippen molar-refractivity contribution < 1.29 is 9.90 Å². The van der Waals surface area contributed by atoms with Gasteiger partial charge in [0, 0.05) is 11.3 Å². The number of hydrogen-bond acceptors (Lipinski definition) is 2. The summed E-state index contributed by atoms with van der Waals surface area (Å²) in [5.74, 6) is -0.109. The maximum atomic E-state index is 13.0. The van der Waals surface area contributed by atoms with E-state index < -0.39 is 0 Å². The maximum absolute atomic E-state index is 13.0. The summed E-state index contributed by atoms with van der Waals surface area (Å²) in [5.41, 5.74) is 5.55. The second kappa shape index (κ2) is 8.22. The quantitative estimate of drug-likeness (QED) is 0.586. The van der Waals surface area contributed by atoms with Crippen molar-refractivity contribution in [3.8, 4) is 5.75 Å². The molecule has 1 atom stereocenters. The summed E-state index contributed by atoms with van der Waals surface area (Å²) in [4.78, 5) is 13.0. The highest BCUT2D eigenvalue weighted by atomic mass is 16.3. The summed E-state index contributed by atoms with van der Waals surface area (Å²) in [6.07, 6.45) is 0.953. The Morgan fingerprint density at radius 3 is 2.17 bits per heavy atom. The zero-order valence-corrected chi connectivity index (χ0v) is 19.5. The number of aromatic hydroxyl groups is 1. The summed E-state index contributed by atoms with van der Waals surface area (Å²) < 4.78 is 0. The van der Waals surface area contributed by atoms with Gasteiger partial charge in [0.25, 0.3) is 0 Å². The Morgan fingerprint density at radius 2 is 1.62 bits per heavy atom. The van der Waals surface area contributed by atoms with Gasteiger partial charge in [-0.3, -0.25) is 4.79 Å². The van der Waals surface area contributed by atoms with Crippen molar-refractivity contribution in [1.82, 2.24) is 0 Å². The molecule has 0 aliphatic carbocycles. The van der Waals surface area contributed by atoms with Gasteiger partial charge >= 0.3 is 0 Å². The number of rotatable bonds is 5. The Kier molecular flexibility index (Phi) is 6.51. The Hall–Kier alpha value is -2.29. The van der Waals surface area contributed by atoms with Gasteiger partial charge in [0.05, 0.1) is 5.92 Å². The lowest BCUT2D eigenvalue weighted by Crippen LogP contribution is -2.26. The fraction of sp³-hybridized carbons (Fsp3) is 0.500. The van der Waals surface area contributed by atoms with Crippen LogP contribution in [0.15, 0.2) is 30.3 Å². The normalized spacial score (nSPS) is 13.3. The van der Waals surface area contributed by atoms with E-state index in [9.17, 15) is 9.90 Å². The number of hydrogen-bond donors (Lipinski definition) is 2. The highest BCUT2D eigenvalue weighted by Gasteiger charge is 2.32. The Morgan fingerprint density at radius 1 is 1.03 bits per heavy atom. The Bertz CT molecular complexity index is 904. The van der Waals surface area contributed by atoms with Gasteiger partial charge in [0.1, 0.15) is 5.75 Å². The van der Waals surface area contributed by atoms with Crippen LogP contribution >= 0.6 is 0 Å². The molecule has 0 bridgehead atoms. The summed E-state index contributed by atoms with van der Waals surface area (Å²) in [6, 6.07) is 9.84. The molecule has 0 aliphatic heterocycles. The van der Waals surface area contributed by atoms with Crippen molar-refractivity contribution in [2.45, 2.75) is 80.1 Å². The minimum Gasteiger partial charge on any atom is -0.507 e. The average molecular weight is 396 g/mol. The second-order valence-electron chi connectivity index (χ2n) is 10.3. The molecule has 2 rings (SSSR count). The zero-order valence-electron chi connectivity index (χ0n) is 19.5. The van der Waals surface area contributed by atoms with E-state index in [0.29, 0.717) is 5.75 Å². The van der Waals surface area contributed by atoms with Gasteiger partial charge in [-0.1, -0.05) is 58.9 Å². The van der Waals surface area contributed by atoms with Crippen LogP contribution in [0.2, 0.25) is 0 Å². The molecule has 2 N–H and O–H groups in total. The smallest absolute Gasteiger partial charge is 0.231 e. The molecule has 29 heavy (non-hydrogen) atoms. The van der Waals surface area contributed by atoms with E-state index in [4.69, 9.17) is 0 Å². The van der Waals surface area contributed by atoms with E-state index in [1.165, 1.54) is 0 Å². The molecule has 0 radical (unpaired) electrons. The maximum Gasteiger partial charge on any atom is 0.231 e. The van der Waals surface area contributed by atoms with Crippen LogP contribution in [-0.4, -0.2) is 11.0 Å². The fourth-order valence-corrected chi connectivity index (χ4v) is 4.68. The lowest BCUT2D eigenvalue weighted by Gasteiger charge is -2.34. The van der Waals surface area contributed by atoms with Crippen LogP contribution < -0.4 is 5.32 Å². The van der Waals surface area contributed by atoms with Crippen molar-refractivity contribution >= 4 is 11.6 Å². The minimum atomic E-state index is -0.361. The van der Waals surface area contributed by atoms with Crippen molar-refractivity contribution in [2.24, 2.45) is 5.41 Å². The number of amides is 1. The largest absolute Gasteiger partial charge is 0.507 e. The number of anilines is 1. The number of aryl methyl sites for hydroxylation is 2. The molecule has 2 aromatic carbocycles. The van der Waals surface area contributed by atoms with E-state index in [2.05, 4.69) is 46.0 Å². The molecular formula is C26H37NO2. The van der Waals surface area contributed by atoms with Crippen molar-refractivity contribution in [2.75, 3.05) is 5.32 Å².